The van der Waals surface area contributed by atoms with Crippen LogP contribution in [0.15, 0.2) is 49.1 Å². The van der Waals surface area contributed by atoms with E-state index >= 15 is 0 Å². The minimum Gasteiger partial charge on any atom is -0.354 e. The number of carbonyl (C=O) groups excluding carboxylic acids is 2. The predicted molar refractivity (Wildman–Crippen MR) is 135 cm³/mol. The summed E-state index contributed by atoms with van der Waals surface area (Å²) in [7, 11) is 1.55. The topological polar surface area (TPSA) is 116 Å². The lowest BCUT2D eigenvalue weighted by molar-refractivity contribution is -0.137. The Hall–Kier alpha value is -4.48. The molecule has 1 aliphatic rings. The number of amides is 2. The van der Waals surface area contributed by atoms with Gasteiger partial charge in [0.15, 0.2) is 5.82 Å². The zero-order valence-corrected chi connectivity index (χ0v) is 20.6. The molecule has 0 bridgehead atoms. The first-order valence-electron chi connectivity index (χ1n) is 11.9. The highest BCUT2D eigenvalue weighted by molar-refractivity contribution is 6.04. The Morgan fingerprint density at radius 3 is 2.68 bits per heavy atom. The van der Waals surface area contributed by atoms with Crippen LogP contribution in [-0.2, 0) is 6.18 Å². The molecule has 3 aromatic heterocycles. The van der Waals surface area contributed by atoms with E-state index in [1.807, 2.05) is 13.0 Å². The summed E-state index contributed by atoms with van der Waals surface area (Å²) in [5.74, 6) is 0.0142. The van der Waals surface area contributed by atoms with E-state index in [9.17, 15) is 22.8 Å². The van der Waals surface area contributed by atoms with Crippen molar-refractivity contribution in [2.45, 2.75) is 25.4 Å². The molecule has 196 valence electrons. The SMILES string of the molecule is CNC(=O)c1cc2ncnc(N3CC[C@@H](c4cc(C(=O)Nc5cncc(C(F)(F)F)c5)ccc4C)C3)c2[nH]1. The van der Waals surface area contributed by atoms with Crippen LogP contribution < -0.4 is 15.5 Å². The van der Waals surface area contributed by atoms with E-state index < -0.39 is 17.6 Å². The fourth-order valence-electron chi connectivity index (χ4n) is 4.72. The number of hydrogen-bond donors (Lipinski definition) is 3. The Morgan fingerprint density at radius 1 is 1.11 bits per heavy atom. The molecule has 1 aromatic carbocycles. The summed E-state index contributed by atoms with van der Waals surface area (Å²) in [6, 6.07) is 7.80. The Labute approximate surface area is 215 Å². The van der Waals surface area contributed by atoms with Gasteiger partial charge in [-0.3, -0.25) is 14.6 Å². The van der Waals surface area contributed by atoms with Gasteiger partial charge in [0.1, 0.15) is 17.5 Å². The maximum Gasteiger partial charge on any atom is 0.417 e. The zero-order valence-electron chi connectivity index (χ0n) is 20.6. The molecule has 1 aliphatic heterocycles. The third kappa shape index (κ3) is 4.89. The van der Waals surface area contributed by atoms with Gasteiger partial charge in [0, 0.05) is 37.8 Å². The minimum absolute atomic E-state index is 0.0335. The number of nitrogens with zero attached hydrogens (tertiary/aromatic N) is 4. The molecule has 4 heterocycles. The van der Waals surface area contributed by atoms with Gasteiger partial charge in [0.2, 0.25) is 0 Å². The van der Waals surface area contributed by atoms with Gasteiger partial charge in [-0.2, -0.15) is 13.2 Å². The summed E-state index contributed by atoms with van der Waals surface area (Å²) in [4.78, 5) is 42.5. The first-order valence-corrected chi connectivity index (χ1v) is 11.9. The average Bonchev–Trinajstić information content (AvgIpc) is 3.56. The minimum atomic E-state index is -4.56. The Bertz CT molecular complexity index is 1530. The van der Waals surface area contributed by atoms with Crippen molar-refractivity contribution < 1.29 is 22.8 Å². The van der Waals surface area contributed by atoms with E-state index in [4.69, 9.17) is 0 Å². The molecular formula is C26H24F3N7O2. The van der Waals surface area contributed by atoms with Gasteiger partial charge in [0.05, 0.1) is 23.0 Å². The van der Waals surface area contributed by atoms with E-state index in [2.05, 4.69) is 35.5 Å². The molecule has 1 fully saturated rings. The Balaban J connectivity index is 1.36. The summed E-state index contributed by atoms with van der Waals surface area (Å²) in [5.41, 5.74) is 3.05. The zero-order chi connectivity index (χ0) is 27.0. The second-order valence-electron chi connectivity index (χ2n) is 9.14. The number of aryl methyl sites for hydroxylation is 1. The maximum absolute atomic E-state index is 13.0. The number of rotatable bonds is 5. The van der Waals surface area contributed by atoms with E-state index in [1.54, 1.807) is 25.2 Å². The molecule has 0 aliphatic carbocycles. The van der Waals surface area contributed by atoms with E-state index in [0.717, 1.165) is 23.6 Å². The monoisotopic (exact) mass is 523 g/mol. The van der Waals surface area contributed by atoms with Gasteiger partial charge in [-0.1, -0.05) is 6.07 Å². The van der Waals surface area contributed by atoms with Crippen LogP contribution in [0.4, 0.5) is 24.7 Å². The van der Waals surface area contributed by atoms with Crippen LogP contribution in [0, 0.1) is 6.92 Å². The van der Waals surface area contributed by atoms with Crippen LogP contribution in [0.1, 0.15) is 49.9 Å². The highest BCUT2D eigenvalue weighted by Crippen LogP contribution is 2.35. The summed E-state index contributed by atoms with van der Waals surface area (Å²) in [6.45, 7) is 3.29. The first kappa shape index (κ1) is 25.2. The lowest BCUT2D eigenvalue weighted by Crippen LogP contribution is -2.21. The van der Waals surface area contributed by atoms with E-state index in [0.29, 0.717) is 47.4 Å². The molecule has 4 aromatic rings. The van der Waals surface area contributed by atoms with Crippen molar-refractivity contribution in [2.75, 3.05) is 30.4 Å². The normalized spacial score (nSPS) is 15.6. The summed E-state index contributed by atoms with van der Waals surface area (Å²) < 4.78 is 39.0. The van der Waals surface area contributed by atoms with Gasteiger partial charge < -0.3 is 20.5 Å². The second-order valence-corrected chi connectivity index (χ2v) is 9.14. The molecule has 0 saturated carbocycles. The Morgan fingerprint density at radius 2 is 1.92 bits per heavy atom. The van der Waals surface area contributed by atoms with Crippen molar-refractivity contribution in [3.63, 3.8) is 0 Å². The summed E-state index contributed by atoms with van der Waals surface area (Å²) >= 11 is 0. The van der Waals surface area contributed by atoms with Crippen molar-refractivity contribution in [1.29, 1.82) is 0 Å². The molecule has 2 amide bonds. The van der Waals surface area contributed by atoms with Crippen molar-refractivity contribution >= 4 is 34.4 Å². The number of H-pyrrole nitrogens is 1. The number of aromatic amines is 1. The van der Waals surface area contributed by atoms with E-state index in [-0.39, 0.29) is 17.5 Å². The molecule has 12 heteroatoms. The number of anilines is 2. The molecule has 0 radical (unpaired) electrons. The van der Waals surface area contributed by atoms with Gasteiger partial charge in [-0.25, -0.2) is 9.97 Å². The van der Waals surface area contributed by atoms with Crippen LogP contribution in [0.5, 0.6) is 0 Å². The lowest BCUT2D eigenvalue weighted by Gasteiger charge is -2.19. The van der Waals surface area contributed by atoms with Crippen molar-refractivity contribution in [3.05, 3.63) is 77.0 Å². The molecule has 3 N–H and O–H groups in total. The third-order valence-corrected chi connectivity index (χ3v) is 6.66. The van der Waals surface area contributed by atoms with Crippen LogP contribution in [0.2, 0.25) is 0 Å². The van der Waals surface area contributed by atoms with Crippen molar-refractivity contribution in [1.82, 2.24) is 25.3 Å². The van der Waals surface area contributed by atoms with Crippen LogP contribution in [0.3, 0.4) is 0 Å². The molecule has 38 heavy (non-hydrogen) atoms. The molecule has 1 atom stereocenters. The maximum atomic E-state index is 13.0. The number of carbonyl (C=O) groups is 2. The highest BCUT2D eigenvalue weighted by Gasteiger charge is 2.31. The van der Waals surface area contributed by atoms with Gasteiger partial charge in [-0.05, 0) is 48.7 Å². The summed E-state index contributed by atoms with van der Waals surface area (Å²) in [5, 5.41) is 5.10. The highest BCUT2D eigenvalue weighted by atomic mass is 19.4. The number of nitrogens with one attached hydrogen (secondary N) is 3. The number of halogens is 3. The number of hydrogen-bond acceptors (Lipinski definition) is 6. The van der Waals surface area contributed by atoms with Crippen LogP contribution in [0.25, 0.3) is 11.0 Å². The largest absolute Gasteiger partial charge is 0.417 e. The number of benzene rings is 1. The molecule has 1 saturated heterocycles. The number of alkyl halides is 3. The first-order chi connectivity index (χ1) is 18.1. The quantitative estimate of drug-likeness (QED) is 0.360. The molecular weight excluding hydrogens is 499 g/mol. The number of pyridine rings is 1. The third-order valence-electron chi connectivity index (χ3n) is 6.66. The smallest absolute Gasteiger partial charge is 0.354 e. The summed E-state index contributed by atoms with van der Waals surface area (Å²) in [6.07, 6.45) is -0.402. The van der Waals surface area contributed by atoms with Gasteiger partial charge >= 0.3 is 6.18 Å². The lowest BCUT2D eigenvalue weighted by atomic mass is 9.92. The second kappa shape index (κ2) is 9.77. The van der Waals surface area contributed by atoms with Gasteiger partial charge in [-0.15, -0.1) is 0 Å². The molecule has 0 spiro atoms. The van der Waals surface area contributed by atoms with Crippen molar-refractivity contribution in [3.8, 4) is 0 Å². The fourth-order valence-corrected chi connectivity index (χ4v) is 4.72. The van der Waals surface area contributed by atoms with Crippen LogP contribution in [-0.4, -0.2) is 51.9 Å². The average molecular weight is 524 g/mol. The van der Waals surface area contributed by atoms with E-state index in [1.165, 1.54) is 12.5 Å². The standard InChI is InChI=1S/C26H24F3N7O2/c1-14-3-4-15(24(37)34-18-8-17(10-31-11-18)26(27,28)29)7-19(14)16-5-6-36(12-16)23-22-20(32-13-33-23)9-21(35-22)25(38)30-2/h3-4,7-11,13,16,35H,5-6,12H2,1-2H3,(H,30,38)(H,34,37)/t16-/m1/s1. The fraction of sp³-hybridized carbons (Fsp3) is 0.269. The van der Waals surface area contributed by atoms with Gasteiger partial charge in [0.25, 0.3) is 11.8 Å². The Kier molecular flexibility index (Phi) is 6.47. The molecule has 9 nitrogen and oxygen atoms in total. The number of aromatic nitrogens is 4. The number of fused-ring (bicyclic) bond motifs is 1. The van der Waals surface area contributed by atoms with Crippen LogP contribution >= 0.6 is 0 Å². The van der Waals surface area contributed by atoms with Crippen molar-refractivity contribution in [2.24, 2.45) is 0 Å². The predicted octanol–water partition coefficient (Wildman–Crippen LogP) is 4.29. The molecule has 5 rings (SSSR count). The molecule has 0 unspecified atom stereocenters.